The molecule has 9 heteroatoms. The highest BCUT2D eigenvalue weighted by Gasteiger charge is 2.15. The van der Waals surface area contributed by atoms with Crippen LogP contribution in [0.2, 0.25) is 0 Å². The van der Waals surface area contributed by atoms with Crippen LogP contribution in [0.15, 0.2) is 37.1 Å². The van der Waals surface area contributed by atoms with Gasteiger partial charge >= 0.3 is 0 Å². The Labute approximate surface area is 176 Å². The van der Waals surface area contributed by atoms with Crippen molar-refractivity contribution in [3.8, 4) is 11.3 Å². The summed E-state index contributed by atoms with van der Waals surface area (Å²) >= 11 is 0. The normalized spacial score (nSPS) is 13.2. The van der Waals surface area contributed by atoms with E-state index in [0.29, 0.717) is 30.4 Å². The van der Waals surface area contributed by atoms with Gasteiger partial charge in [0.15, 0.2) is 0 Å². The summed E-state index contributed by atoms with van der Waals surface area (Å²) < 4.78 is 3.76. The van der Waals surface area contributed by atoms with Gasteiger partial charge in [0.05, 0.1) is 47.6 Å². The zero-order chi connectivity index (χ0) is 21.5. The summed E-state index contributed by atoms with van der Waals surface area (Å²) in [5.74, 6) is 0. The first kappa shape index (κ1) is 21.7. The molecule has 0 aliphatic heterocycles. The van der Waals surface area contributed by atoms with Crippen molar-refractivity contribution in [2.75, 3.05) is 20.1 Å². The van der Waals surface area contributed by atoms with Crippen molar-refractivity contribution >= 4 is 17.3 Å². The lowest BCUT2D eigenvalue weighted by molar-refractivity contribution is 0.176. The summed E-state index contributed by atoms with van der Waals surface area (Å²) in [7, 11) is 1.79. The highest BCUT2D eigenvalue weighted by Crippen LogP contribution is 2.26. The lowest BCUT2D eigenvalue weighted by Crippen LogP contribution is -2.32. The maximum absolute atomic E-state index is 9.85. The maximum atomic E-state index is 9.85. The van der Waals surface area contributed by atoms with Crippen molar-refractivity contribution in [3.05, 3.63) is 42.7 Å². The fourth-order valence-electron chi connectivity index (χ4n) is 3.40. The summed E-state index contributed by atoms with van der Waals surface area (Å²) in [6.07, 6.45) is 11.8. The van der Waals surface area contributed by atoms with E-state index in [1.165, 1.54) is 6.21 Å². The van der Waals surface area contributed by atoms with Crippen molar-refractivity contribution in [1.29, 1.82) is 5.41 Å². The first-order valence-electron chi connectivity index (χ1n) is 10.3. The van der Waals surface area contributed by atoms with Crippen LogP contribution in [0.25, 0.3) is 22.3 Å². The first-order chi connectivity index (χ1) is 14.6. The van der Waals surface area contributed by atoms with Crippen molar-refractivity contribution in [3.63, 3.8) is 0 Å². The largest absolute Gasteiger partial charge is 0.390 e. The summed E-state index contributed by atoms with van der Waals surface area (Å²) in [6.45, 7) is 5.18. The molecule has 3 aromatic rings. The second-order valence-corrected chi connectivity index (χ2v) is 7.18. The van der Waals surface area contributed by atoms with E-state index in [-0.39, 0.29) is 0 Å². The highest BCUT2D eigenvalue weighted by molar-refractivity contribution is 6.07. The van der Waals surface area contributed by atoms with Crippen molar-refractivity contribution in [1.82, 2.24) is 35.0 Å². The molecule has 0 saturated heterocycles. The minimum Gasteiger partial charge on any atom is -0.390 e. The average Bonchev–Trinajstić information content (AvgIpc) is 3.41. The molecule has 0 aliphatic rings. The molecule has 9 nitrogen and oxygen atoms in total. The predicted octanol–water partition coefficient (Wildman–Crippen LogP) is 2.11. The summed E-state index contributed by atoms with van der Waals surface area (Å²) in [5.41, 5.74) is 3.77. The first-order valence-corrected chi connectivity index (χ1v) is 10.3. The highest BCUT2D eigenvalue weighted by atomic mass is 16.3. The fraction of sp³-hybridized carbons (Fsp3) is 0.429. The minimum absolute atomic E-state index is 0.355. The van der Waals surface area contributed by atoms with Gasteiger partial charge in [-0.05, 0) is 26.0 Å². The van der Waals surface area contributed by atoms with Crippen LogP contribution in [0.1, 0.15) is 38.4 Å². The van der Waals surface area contributed by atoms with Gasteiger partial charge in [-0.3, -0.25) is 4.68 Å². The van der Waals surface area contributed by atoms with Gasteiger partial charge in [0, 0.05) is 42.8 Å². The number of fused-ring (bicyclic) bond motifs is 1. The Bertz CT molecular complexity index is 1000. The molecular weight excluding hydrogens is 380 g/mol. The lowest BCUT2D eigenvalue weighted by Gasteiger charge is -2.12. The molecule has 3 heterocycles. The molecule has 1 atom stereocenters. The summed E-state index contributed by atoms with van der Waals surface area (Å²) in [6, 6.07) is 2.27. The fourth-order valence-corrected chi connectivity index (χ4v) is 3.40. The van der Waals surface area contributed by atoms with Crippen LogP contribution in [0.5, 0.6) is 0 Å². The molecule has 30 heavy (non-hydrogen) atoms. The third-order valence-corrected chi connectivity index (χ3v) is 5.08. The molecule has 0 bridgehead atoms. The van der Waals surface area contributed by atoms with Crippen LogP contribution in [-0.4, -0.2) is 61.9 Å². The average molecular weight is 411 g/mol. The number of hydrogen-bond acceptors (Lipinski definition) is 7. The van der Waals surface area contributed by atoms with E-state index in [4.69, 9.17) is 10.4 Å². The number of aromatic nitrogens is 5. The molecule has 3 aromatic heterocycles. The molecule has 4 N–H and O–H groups in total. The second kappa shape index (κ2) is 10.1. The molecule has 0 radical (unpaired) electrons. The van der Waals surface area contributed by atoms with E-state index in [0.717, 1.165) is 29.6 Å². The maximum Gasteiger partial charge on any atom is 0.0999 e. The van der Waals surface area contributed by atoms with Crippen LogP contribution in [-0.2, 0) is 0 Å². The van der Waals surface area contributed by atoms with Gasteiger partial charge < -0.3 is 21.1 Å². The smallest absolute Gasteiger partial charge is 0.0999 e. The third-order valence-electron chi connectivity index (χ3n) is 5.08. The number of allylic oxidation sites excluding steroid dienone is 1. The Balaban J connectivity index is 1.95. The Kier molecular flexibility index (Phi) is 7.31. The third kappa shape index (κ3) is 4.74. The van der Waals surface area contributed by atoms with Gasteiger partial charge in [0.1, 0.15) is 0 Å². The number of nitrogens with one attached hydrogen (secondary N) is 3. The molecule has 0 aliphatic carbocycles. The number of aliphatic hydroxyl groups excluding tert-OH is 1. The number of nitrogens with zero attached hydrogens (tertiary/aromatic N) is 5. The van der Waals surface area contributed by atoms with Gasteiger partial charge in [0.2, 0.25) is 0 Å². The van der Waals surface area contributed by atoms with E-state index in [2.05, 4.69) is 34.7 Å². The zero-order valence-corrected chi connectivity index (χ0v) is 17.7. The SMILES string of the molecule is CCC(CC)n1cc(-c2nc(/C(C=N)=C/NCC(O)CNC)cn3nccc23)cn1. The van der Waals surface area contributed by atoms with Gasteiger partial charge in [-0.1, -0.05) is 13.8 Å². The second-order valence-electron chi connectivity index (χ2n) is 7.18. The van der Waals surface area contributed by atoms with Gasteiger partial charge in [0.25, 0.3) is 0 Å². The Morgan fingerprint density at radius 2 is 2.03 bits per heavy atom. The molecule has 0 aromatic carbocycles. The zero-order valence-electron chi connectivity index (χ0n) is 17.7. The van der Waals surface area contributed by atoms with Crippen molar-refractivity contribution in [2.24, 2.45) is 0 Å². The lowest BCUT2D eigenvalue weighted by atomic mass is 10.1. The number of aliphatic hydroxyl groups is 1. The van der Waals surface area contributed by atoms with E-state index < -0.39 is 6.10 Å². The van der Waals surface area contributed by atoms with Crippen LogP contribution < -0.4 is 10.6 Å². The van der Waals surface area contributed by atoms with E-state index in [1.54, 1.807) is 30.2 Å². The molecule has 0 fully saturated rings. The molecule has 160 valence electrons. The molecule has 0 saturated carbocycles. The van der Waals surface area contributed by atoms with Crippen molar-refractivity contribution in [2.45, 2.75) is 38.8 Å². The van der Waals surface area contributed by atoms with Crippen LogP contribution >= 0.6 is 0 Å². The van der Waals surface area contributed by atoms with Crippen LogP contribution in [0.4, 0.5) is 0 Å². The van der Waals surface area contributed by atoms with Crippen molar-refractivity contribution < 1.29 is 5.11 Å². The Hall–Kier alpha value is -3.04. The standard InChI is InChI=1S/C21H30N8O/c1-4-17(5-2)28-13-16(10-26-28)21-20-6-7-25-29(20)14-19(27-21)15(8-22)9-24-12-18(30)11-23-3/h6-10,13-14,17-18,22-24,30H,4-5,11-12H2,1-3H3/b15-9+,22-8?. The monoisotopic (exact) mass is 410 g/mol. The molecule has 0 spiro atoms. The summed E-state index contributed by atoms with van der Waals surface area (Å²) in [4.78, 5) is 4.82. The van der Waals surface area contributed by atoms with E-state index >= 15 is 0 Å². The molecular formula is C21H30N8O. The number of likely N-dealkylation sites (N-methyl/N-ethyl adjacent to an activating group) is 1. The number of hydrogen-bond donors (Lipinski definition) is 4. The summed E-state index contributed by atoms with van der Waals surface area (Å²) in [5, 5.41) is 32.6. The van der Waals surface area contributed by atoms with Crippen LogP contribution in [0, 0.1) is 5.41 Å². The molecule has 0 amide bonds. The Morgan fingerprint density at radius 3 is 2.73 bits per heavy atom. The predicted molar refractivity (Wildman–Crippen MR) is 119 cm³/mol. The molecule has 1 unspecified atom stereocenters. The van der Waals surface area contributed by atoms with Gasteiger partial charge in [-0.25, -0.2) is 9.50 Å². The quantitative estimate of drug-likeness (QED) is 0.360. The number of rotatable bonds is 11. The topological polar surface area (TPSA) is 116 Å². The molecule has 3 rings (SSSR count). The minimum atomic E-state index is -0.522. The van der Waals surface area contributed by atoms with Gasteiger partial charge in [-0.2, -0.15) is 10.2 Å². The van der Waals surface area contributed by atoms with E-state index in [1.807, 2.05) is 23.1 Å². The van der Waals surface area contributed by atoms with E-state index in [9.17, 15) is 5.11 Å². The van der Waals surface area contributed by atoms with Gasteiger partial charge in [-0.15, -0.1) is 0 Å². The Morgan fingerprint density at radius 1 is 1.23 bits per heavy atom. The van der Waals surface area contributed by atoms with Crippen LogP contribution in [0.3, 0.4) is 0 Å².